The monoisotopic (exact) mass is 332 g/mol. The molecule has 2 atom stereocenters. The Kier molecular flexibility index (Phi) is 4.96. The molecule has 1 amide bonds. The smallest absolute Gasteiger partial charge is 0.248 e. The van der Waals surface area contributed by atoms with E-state index in [1.807, 2.05) is 18.2 Å². The maximum atomic E-state index is 12.9. The van der Waals surface area contributed by atoms with Crippen molar-refractivity contribution in [3.05, 3.63) is 24.3 Å². The minimum atomic E-state index is -0.765. The molecule has 132 valence electrons. The van der Waals surface area contributed by atoms with Crippen LogP contribution in [-0.4, -0.2) is 36.3 Å². The fourth-order valence-corrected chi connectivity index (χ4v) is 3.91. The number of hydrogen-bond donors (Lipinski definition) is 3. The first-order valence-electron chi connectivity index (χ1n) is 8.80. The summed E-state index contributed by atoms with van der Waals surface area (Å²) < 4.78 is 5.94. The zero-order valence-corrected chi connectivity index (χ0v) is 14.3. The van der Waals surface area contributed by atoms with Gasteiger partial charge in [0.25, 0.3) is 0 Å². The SMILES string of the molecule is CN1C(=O)C(COc2ccccc2N)(CC2CCCCC2)NC1N. The predicted molar refractivity (Wildman–Crippen MR) is 94.2 cm³/mol. The average Bonchev–Trinajstić information content (AvgIpc) is 2.79. The van der Waals surface area contributed by atoms with Gasteiger partial charge in [-0.05, 0) is 24.5 Å². The lowest BCUT2D eigenvalue weighted by Gasteiger charge is -2.33. The third-order valence-corrected chi connectivity index (χ3v) is 5.33. The van der Waals surface area contributed by atoms with Gasteiger partial charge in [0.05, 0.1) is 5.69 Å². The van der Waals surface area contributed by atoms with E-state index in [0.29, 0.717) is 17.4 Å². The summed E-state index contributed by atoms with van der Waals surface area (Å²) in [4.78, 5) is 14.5. The van der Waals surface area contributed by atoms with E-state index in [-0.39, 0.29) is 12.5 Å². The highest BCUT2D eigenvalue weighted by Crippen LogP contribution is 2.34. The van der Waals surface area contributed by atoms with Crippen LogP contribution >= 0.6 is 0 Å². The fourth-order valence-electron chi connectivity index (χ4n) is 3.91. The number of anilines is 1. The van der Waals surface area contributed by atoms with E-state index < -0.39 is 11.8 Å². The zero-order chi connectivity index (χ0) is 17.2. The van der Waals surface area contributed by atoms with Crippen LogP contribution in [0.3, 0.4) is 0 Å². The Bertz CT molecular complexity index is 588. The van der Waals surface area contributed by atoms with Crippen molar-refractivity contribution in [3.63, 3.8) is 0 Å². The van der Waals surface area contributed by atoms with E-state index in [2.05, 4.69) is 5.32 Å². The fraction of sp³-hybridized carbons (Fsp3) is 0.611. The van der Waals surface area contributed by atoms with Crippen molar-refractivity contribution in [2.24, 2.45) is 11.7 Å². The number of amides is 1. The van der Waals surface area contributed by atoms with E-state index in [1.165, 1.54) is 32.1 Å². The summed E-state index contributed by atoms with van der Waals surface area (Å²) in [6, 6.07) is 7.36. The molecule has 1 aromatic rings. The van der Waals surface area contributed by atoms with Crippen LogP contribution in [0.25, 0.3) is 0 Å². The summed E-state index contributed by atoms with van der Waals surface area (Å²) in [7, 11) is 1.74. The Morgan fingerprint density at radius 3 is 2.62 bits per heavy atom. The van der Waals surface area contributed by atoms with Crippen LogP contribution in [0.4, 0.5) is 5.69 Å². The van der Waals surface area contributed by atoms with Gasteiger partial charge >= 0.3 is 0 Å². The maximum absolute atomic E-state index is 12.9. The molecule has 0 radical (unpaired) electrons. The number of carbonyl (C=O) groups is 1. The molecule has 24 heavy (non-hydrogen) atoms. The van der Waals surface area contributed by atoms with Gasteiger partial charge in [0.2, 0.25) is 5.91 Å². The number of nitrogens with two attached hydrogens (primary N) is 2. The lowest BCUT2D eigenvalue weighted by molar-refractivity contribution is -0.133. The predicted octanol–water partition coefficient (Wildman–Crippen LogP) is 1.66. The van der Waals surface area contributed by atoms with Gasteiger partial charge in [0, 0.05) is 7.05 Å². The van der Waals surface area contributed by atoms with Crippen LogP contribution in [0.5, 0.6) is 5.75 Å². The quantitative estimate of drug-likeness (QED) is 0.713. The molecule has 1 saturated carbocycles. The third kappa shape index (κ3) is 3.35. The minimum Gasteiger partial charge on any atom is -0.489 e. The largest absolute Gasteiger partial charge is 0.489 e. The number of rotatable bonds is 5. The van der Waals surface area contributed by atoms with Gasteiger partial charge in [-0.25, -0.2) is 0 Å². The number of para-hydroxylation sites is 2. The number of nitrogens with one attached hydrogen (secondary N) is 1. The van der Waals surface area contributed by atoms with Gasteiger partial charge in [0.1, 0.15) is 24.2 Å². The molecule has 2 aliphatic rings. The second kappa shape index (κ2) is 6.99. The van der Waals surface area contributed by atoms with Crippen molar-refractivity contribution in [1.82, 2.24) is 10.2 Å². The molecule has 1 aromatic carbocycles. The molecule has 6 heteroatoms. The summed E-state index contributed by atoms with van der Waals surface area (Å²) in [5.74, 6) is 1.15. The zero-order valence-electron chi connectivity index (χ0n) is 14.3. The van der Waals surface area contributed by atoms with Crippen molar-refractivity contribution in [2.45, 2.75) is 50.4 Å². The normalized spacial score (nSPS) is 28.3. The van der Waals surface area contributed by atoms with Gasteiger partial charge < -0.3 is 15.4 Å². The van der Waals surface area contributed by atoms with Crippen LogP contribution in [-0.2, 0) is 4.79 Å². The molecule has 2 unspecified atom stereocenters. The molecular formula is C18H28N4O2. The lowest BCUT2D eigenvalue weighted by Crippen LogP contribution is -2.54. The van der Waals surface area contributed by atoms with E-state index in [4.69, 9.17) is 16.2 Å². The van der Waals surface area contributed by atoms with E-state index in [0.717, 1.165) is 6.42 Å². The highest BCUT2D eigenvalue weighted by molar-refractivity contribution is 5.88. The summed E-state index contributed by atoms with van der Waals surface area (Å²) >= 11 is 0. The molecule has 0 aromatic heterocycles. The van der Waals surface area contributed by atoms with E-state index >= 15 is 0 Å². The number of carbonyl (C=O) groups excluding carboxylic acids is 1. The van der Waals surface area contributed by atoms with Crippen LogP contribution < -0.4 is 21.5 Å². The van der Waals surface area contributed by atoms with Crippen molar-refractivity contribution >= 4 is 11.6 Å². The molecule has 6 nitrogen and oxygen atoms in total. The number of likely N-dealkylation sites (N-methyl/N-ethyl adjacent to an activating group) is 1. The second-order valence-corrected chi connectivity index (χ2v) is 7.12. The Morgan fingerprint density at radius 1 is 1.29 bits per heavy atom. The summed E-state index contributed by atoms with van der Waals surface area (Å²) in [5, 5.41) is 3.29. The first-order chi connectivity index (χ1) is 11.5. The van der Waals surface area contributed by atoms with Crippen molar-refractivity contribution in [2.75, 3.05) is 19.4 Å². The molecule has 3 rings (SSSR count). The van der Waals surface area contributed by atoms with Gasteiger partial charge in [-0.2, -0.15) is 0 Å². The first-order valence-corrected chi connectivity index (χ1v) is 8.80. The number of nitrogens with zero attached hydrogens (tertiary/aromatic N) is 1. The maximum Gasteiger partial charge on any atom is 0.248 e. The van der Waals surface area contributed by atoms with Crippen LogP contribution in [0.1, 0.15) is 38.5 Å². The Balaban J connectivity index is 1.77. The van der Waals surface area contributed by atoms with Gasteiger partial charge in [-0.15, -0.1) is 0 Å². The van der Waals surface area contributed by atoms with Crippen LogP contribution in [0.15, 0.2) is 24.3 Å². The molecule has 5 N–H and O–H groups in total. The Morgan fingerprint density at radius 2 is 2.00 bits per heavy atom. The van der Waals surface area contributed by atoms with Crippen LogP contribution in [0, 0.1) is 5.92 Å². The standard InChI is InChI=1S/C18H28N4O2/c1-22-16(23)18(21-17(22)20,11-13-7-3-2-4-8-13)12-24-15-10-6-5-9-14(15)19/h5-6,9-10,13,17,21H,2-4,7-8,11-12,19-20H2,1H3. The molecule has 1 aliphatic carbocycles. The number of ether oxygens (including phenoxy) is 1. The molecule has 0 spiro atoms. The molecule has 1 aliphatic heterocycles. The first kappa shape index (κ1) is 17.0. The van der Waals surface area contributed by atoms with E-state index in [1.54, 1.807) is 18.0 Å². The molecule has 1 heterocycles. The van der Waals surface area contributed by atoms with Crippen LogP contribution in [0.2, 0.25) is 0 Å². The van der Waals surface area contributed by atoms with Crippen molar-refractivity contribution in [3.8, 4) is 5.75 Å². The van der Waals surface area contributed by atoms with Gasteiger partial charge in [-0.1, -0.05) is 44.2 Å². The topological polar surface area (TPSA) is 93.6 Å². The summed E-state index contributed by atoms with van der Waals surface area (Å²) in [6.45, 7) is 0.245. The number of nitrogen functional groups attached to an aromatic ring is 1. The van der Waals surface area contributed by atoms with Gasteiger partial charge in [0.15, 0.2) is 0 Å². The minimum absolute atomic E-state index is 0.00933. The van der Waals surface area contributed by atoms with Crippen molar-refractivity contribution in [1.29, 1.82) is 0 Å². The lowest BCUT2D eigenvalue weighted by atomic mass is 9.79. The molecular weight excluding hydrogens is 304 g/mol. The third-order valence-electron chi connectivity index (χ3n) is 5.33. The average molecular weight is 332 g/mol. The van der Waals surface area contributed by atoms with Gasteiger partial charge in [-0.3, -0.25) is 15.8 Å². The second-order valence-electron chi connectivity index (χ2n) is 7.12. The summed E-state index contributed by atoms with van der Waals surface area (Å²) in [5.41, 5.74) is 11.8. The highest BCUT2D eigenvalue weighted by Gasteiger charge is 2.50. The van der Waals surface area contributed by atoms with E-state index in [9.17, 15) is 4.79 Å². The molecule has 2 fully saturated rings. The Labute approximate surface area is 143 Å². The summed E-state index contributed by atoms with van der Waals surface area (Å²) in [6.07, 6.45) is 6.40. The number of hydrogen-bond acceptors (Lipinski definition) is 5. The number of benzene rings is 1. The highest BCUT2D eigenvalue weighted by atomic mass is 16.5. The molecule has 0 bridgehead atoms. The Hall–Kier alpha value is -1.79. The van der Waals surface area contributed by atoms with Crippen molar-refractivity contribution < 1.29 is 9.53 Å². The molecule has 1 saturated heterocycles.